The van der Waals surface area contributed by atoms with Gasteiger partial charge >= 0.3 is 5.97 Å². The standard InChI is InChI=1S/C16H20N4O3S/c1-16(17,11-7-4-3-5-8-11)14(22)18-15-20-19-12(24-15)9-6-10-13(21)23-2/h3-5,7-8H,6,9-10,17H2,1-2H3,(H,18,20,22). The molecular formula is C16H20N4O3S. The zero-order valence-corrected chi connectivity index (χ0v) is 14.4. The molecule has 0 spiro atoms. The predicted octanol–water partition coefficient (Wildman–Crippen LogP) is 1.85. The monoisotopic (exact) mass is 348 g/mol. The molecule has 1 unspecified atom stereocenters. The highest BCUT2D eigenvalue weighted by Crippen LogP contribution is 2.22. The molecule has 0 aliphatic rings. The maximum absolute atomic E-state index is 12.4. The molecule has 1 heterocycles. The molecule has 1 aromatic carbocycles. The molecule has 0 fully saturated rings. The van der Waals surface area contributed by atoms with Crippen molar-refractivity contribution in [2.75, 3.05) is 12.4 Å². The topological polar surface area (TPSA) is 107 Å². The second-order valence-corrected chi connectivity index (χ2v) is 6.52. The Bertz CT molecular complexity index is 700. The van der Waals surface area contributed by atoms with Crippen LogP contribution in [0.25, 0.3) is 0 Å². The van der Waals surface area contributed by atoms with Gasteiger partial charge in [0, 0.05) is 12.8 Å². The van der Waals surface area contributed by atoms with Crippen LogP contribution in [0.4, 0.5) is 5.13 Å². The number of nitrogens with zero attached hydrogens (tertiary/aromatic N) is 2. The Labute approximate surface area is 144 Å². The summed E-state index contributed by atoms with van der Waals surface area (Å²) in [4.78, 5) is 23.5. The van der Waals surface area contributed by atoms with E-state index in [1.165, 1.54) is 18.4 Å². The highest BCUT2D eigenvalue weighted by Gasteiger charge is 2.31. The van der Waals surface area contributed by atoms with E-state index < -0.39 is 5.54 Å². The number of carbonyl (C=O) groups excluding carboxylic acids is 2. The van der Waals surface area contributed by atoms with Crippen LogP contribution in [0.15, 0.2) is 30.3 Å². The molecule has 0 saturated carbocycles. The lowest BCUT2D eigenvalue weighted by molar-refractivity contribution is -0.140. The Kier molecular flexibility index (Phi) is 5.99. The van der Waals surface area contributed by atoms with Gasteiger partial charge in [0.25, 0.3) is 5.91 Å². The maximum Gasteiger partial charge on any atom is 0.305 e. The molecule has 2 aromatic rings. The number of hydrogen-bond donors (Lipinski definition) is 2. The van der Waals surface area contributed by atoms with E-state index in [0.717, 1.165) is 5.01 Å². The van der Waals surface area contributed by atoms with Crippen molar-refractivity contribution in [1.82, 2.24) is 10.2 Å². The van der Waals surface area contributed by atoms with Gasteiger partial charge in [0.1, 0.15) is 10.5 Å². The zero-order valence-electron chi connectivity index (χ0n) is 13.6. The third-order valence-corrected chi connectivity index (χ3v) is 4.43. The van der Waals surface area contributed by atoms with Gasteiger partial charge in [-0.1, -0.05) is 41.7 Å². The highest BCUT2D eigenvalue weighted by molar-refractivity contribution is 7.15. The van der Waals surface area contributed by atoms with Crippen molar-refractivity contribution in [2.45, 2.75) is 31.7 Å². The molecule has 0 bridgehead atoms. The number of amides is 1. The first-order valence-electron chi connectivity index (χ1n) is 7.48. The summed E-state index contributed by atoms with van der Waals surface area (Å²) < 4.78 is 4.58. The van der Waals surface area contributed by atoms with Crippen molar-refractivity contribution in [1.29, 1.82) is 0 Å². The molecule has 24 heavy (non-hydrogen) atoms. The fraction of sp³-hybridized carbons (Fsp3) is 0.375. The summed E-state index contributed by atoms with van der Waals surface area (Å²) in [6.45, 7) is 1.65. The number of esters is 1. The molecule has 0 aliphatic heterocycles. The second-order valence-electron chi connectivity index (χ2n) is 5.45. The lowest BCUT2D eigenvalue weighted by atomic mass is 9.92. The van der Waals surface area contributed by atoms with Crippen molar-refractivity contribution in [3.63, 3.8) is 0 Å². The zero-order chi connectivity index (χ0) is 17.6. The molecule has 0 radical (unpaired) electrons. The molecule has 1 amide bonds. The average molecular weight is 348 g/mol. The number of rotatable bonds is 7. The minimum Gasteiger partial charge on any atom is -0.469 e. The van der Waals surface area contributed by atoms with Crippen LogP contribution in [0, 0.1) is 0 Å². The number of carbonyl (C=O) groups is 2. The van der Waals surface area contributed by atoms with E-state index in [9.17, 15) is 9.59 Å². The summed E-state index contributed by atoms with van der Waals surface area (Å²) in [6, 6.07) is 9.13. The Balaban J connectivity index is 1.94. The van der Waals surface area contributed by atoms with Crippen LogP contribution in [-0.2, 0) is 26.3 Å². The van der Waals surface area contributed by atoms with Crippen LogP contribution in [0.5, 0.6) is 0 Å². The third-order valence-electron chi connectivity index (χ3n) is 3.53. The predicted molar refractivity (Wildman–Crippen MR) is 91.5 cm³/mol. The van der Waals surface area contributed by atoms with Gasteiger partial charge in [0.15, 0.2) is 0 Å². The summed E-state index contributed by atoms with van der Waals surface area (Å²) in [6.07, 6.45) is 1.54. The summed E-state index contributed by atoms with van der Waals surface area (Å²) >= 11 is 1.27. The first kappa shape index (κ1) is 18.0. The number of hydrogen-bond acceptors (Lipinski definition) is 7. The van der Waals surface area contributed by atoms with Gasteiger partial charge < -0.3 is 10.5 Å². The van der Waals surface area contributed by atoms with Crippen LogP contribution in [0.3, 0.4) is 0 Å². The average Bonchev–Trinajstić information content (AvgIpc) is 3.02. The SMILES string of the molecule is COC(=O)CCCc1nnc(NC(=O)C(C)(N)c2ccccc2)s1. The largest absolute Gasteiger partial charge is 0.469 e. The Morgan fingerprint density at radius 3 is 2.67 bits per heavy atom. The van der Waals surface area contributed by atoms with Crippen molar-refractivity contribution < 1.29 is 14.3 Å². The van der Waals surface area contributed by atoms with Crippen LogP contribution in [0.2, 0.25) is 0 Å². The van der Waals surface area contributed by atoms with E-state index in [2.05, 4.69) is 20.3 Å². The Morgan fingerprint density at radius 1 is 1.29 bits per heavy atom. The van der Waals surface area contributed by atoms with Gasteiger partial charge in [-0.2, -0.15) is 0 Å². The van der Waals surface area contributed by atoms with Gasteiger partial charge in [0.2, 0.25) is 5.13 Å². The fourth-order valence-corrected chi connectivity index (χ4v) is 2.81. The number of aryl methyl sites for hydroxylation is 1. The van der Waals surface area contributed by atoms with Gasteiger partial charge in [0.05, 0.1) is 7.11 Å². The first-order valence-corrected chi connectivity index (χ1v) is 8.30. The molecule has 7 nitrogen and oxygen atoms in total. The molecule has 128 valence electrons. The van der Waals surface area contributed by atoms with Crippen LogP contribution in [-0.4, -0.2) is 29.2 Å². The summed E-state index contributed by atoms with van der Waals surface area (Å²) in [5, 5.41) is 11.8. The normalized spacial score (nSPS) is 13.1. The van der Waals surface area contributed by atoms with Crippen LogP contribution in [0.1, 0.15) is 30.3 Å². The third kappa shape index (κ3) is 4.59. The highest BCUT2D eigenvalue weighted by atomic mass is 32.1. The van der Waals surface area contributed by atoms with Crippen LogP contribution >= 0.6 is 11.3 Å². The number of anilines is 1. The van der Waals surface area contributed by atoms with Gasteiger partial charge in [-0.25, -0.2) is 0 Å². The second kappa shape index (κ2) is 7.98. The van der Waals surface area contributed by atoms with E-state index in [1.807, 2.05) is 18.2 Å². The van der Waals surface area contributed by atoms with E-state index in [1.54, 1.807) is 19.1 Å². The Hall–Kier alpha value is -2.32. The molecule has 0 saturated heterocycles. The smallest absolute Gasteiger partial charge is 0.305 e. The van der Waals surface area contributed by atoms with E-state index in [4.69, 9.17) is 5.73 Å². The number of nitrogens with two attached hydrogens (primary N) is 1. The first-order chi connectivity index (χ1) is 11.4. The number of aromatic nitrogens is 2. The number of ether oxygens (including phenoxy) is 1. The summed E-state index contributed by atoms with van der Waals surface area (Å²) in [5.74, 6) is -0.610. The minimum absolute atomic E-state index is 0.255. The van der Waals surface area contributed by atoms with Gasteiger partial charge in [-0.3, -0.25) is 14.9 Å². The number of nitrogens with one attached hydrogen (secondary N) is 1. The van der Waals surface area contributed by atoms with E-state index >= 15 is 0 Å². The van der Waals surface area contributed by atoms with Gasteiger partial charge in [-0.15, -0.1) is 10.2 Å². The molecular weight excluding hydrogens is 328 g/mol. The van der Waals surface area contributed by atoms with Crippen molar-refractivity contribution in [3.8, 4) is 0 Å². The number of methoxy groups -OCH3 is 1. The quantitative estimate of drug-likeness (QED) is 0.739. The summed E-state index contributed by atoms with van der Waals surface area (Å²) in [5.41, 5.74) is 5.70. The minimum atomic E-state index is -1.17. The molecule has 1 atom stereocenters. The fourth-order valence-electron chi connectivity index (χ4n) is 2.03. The lowest BCUT2D eigenvalue weighted by Crippen LogP contribution is -2.45. The van der Waals surface area contributed by atoms with Crippen molar-refractivity contribution in [3.05, 3.63) is 40.9 Å². The van der Waals surface area contributed by atoms with Crippen molar-refractivity contribution >= 4 is 28.3 Å². The Morgan fingerprint density at radius 2 is 2.00 bits per heavy atom. The van der Waals surface area contributed by atoms with E-state index in [0.29, 0.717) is 30.0 Å². The molecule has 2 rings (SSSR count). The molecule has 1 aromatic heterocycles. The molecule has 3 N–H and O–H groups in total. The van der Waals surface area contributed by atoms with E-state index in [-0.39, 0.29) is 11.9 Å². The summed E-state index contributed by atoms with van der Waals surface area (Å²) in [7, 11) is 1.36. The van der Waals surface area contributed by atoms with Crippen molar-refractivity contribution in [2.24, 2.45) is 5.73 Å². The lowest BCUT2D eigenvalue weighted by Gasteiger charge is -2.23. The molecule has 0 aliphatic carbocycles. The maximum atomic E-state index is 12.4. The van der Waals surface area contributed by atoms with Crippen LogP contribution < -0.4 is 11.1 Å². The number of benzene rings is 1. The molecule has 8 heteroatoms. The van der Waals surface area contributed by atoms with Gasteiger partial charge in [-0.05, 0) is 18.9 Å².